The van der Waals surface area contributed by atoms with Gasteiger partial charge in [0.25, 0.3) is 0 Å². The van der Waals surface area contributed by atoms with Crippen LogP contribution in [0.4, 0.5) is 0 Å². The van der Waals surface area contributed by atoms with E-state index in [0.717, 1.165) is 32.6 Å². The van der Waals surface area contributed by atoms with Crippen LogP contribution in [0.2, 0.25) is 12.1 Å². The van der Waals surface area contributed by atoms with Crippen LogP contribution in [0, 0.1) is 0 Å². The van der Waals surface area contributed by atoms with Gasteiger partial charge >= 0.3 is 8.56 Å². The average Bonchev–Trinajstić information content (AvgIpc) is 2.41. The summed E-state index contributed by atoms with van der Waals surface area (Å²) in [7, 11) is -0.865. The maximum Gasteiger partial charge on any atom is 0.332 e. The van der Waals surface area contributed by atoms with E-state index in [1.807, 2.05) is 6.92 Å². The van der Waals surface area contributed by atoms with E-state index in [4.69, 9.17) is 4.74 Å². The van der Waals surface area contributed by atoms with E-state index in [1.165, 1.54) is 0 Å². The van der Waals surface area contributed by atoms with Gasteiger partial charge in [-0.15, -0.1) is 0 Å². The summed E-state index contributed by atoms with van der Waals surface area (Å²) in [5, 5.41) is 9.94. The van der Waals surface area contributed by atoms with Crippen LogP contribution in [0.3, 0.4) is 0 Å². The Bertz CT molecular complexity index is 274. The number of nitrogens with zero attached hydrogens (tertiary/aromatic N) is 2. The summed E-state index contributed by atoms with van der Waals surface area (Å²) in [6.45, 7) is 7.50. The highest BCUT2D eigenvalue weighted by molar-refractivity contribution is 6.64. The van der Waals surface area contributed by atoms with Crippen molar-refractivity contribution in [3.8, 4) is 0 Å². The third kappa shape index (κ3) is 8.87. The molecule has 1 heterocycles. The van der Waals surface area contributed by atoms with E-state index in [1.54, 1.807) is 0 Å². The minimum Gasteiger partial charge on any atom is -0.411 e. The second-order valence-electron chi connectivity index (χ2n) is 6.17. The van der Waals surface area contributed by atoms with Crippen LogP contribution in [0.5, 0.6) is 0 Å². The Kier molecular flexibility index (Phi) is 8.96. The van der Waals surface area contributed by atoms with E-state index < -0.39 is 14.7 Å². The zero-order chi connectivity index (χ0) is 15.7. The standard InChI is InChI=1S/C14H32N2O4Si/c1-3-10-21(18,19)11-4-9-20-13-14(17)12-16-7-5-15(2)6-8-16/h14,17-19H,3-13H2,1-2H3. The molecule has 6 nitrogen and oxygen atoms in total. The fourth-order valence-electron chi connectivity index (χ4n) is 2.58. The number of β-amino-alcohol motifs (C(OH)–C–C–N with tert-alkyl or cyclic N) is 1. The van der Waals surface area contributed by atoms with Gasteiger partial charge in [-0.3, -0.25) is 4.90 Å². The molecule has 0 amide bonds. The SMILES string of the molecule is CCC[Si](O)(O)CCCOCC(O)CN1CCN(C)CC1. The predicted octanol–water partition coefficient (Wildman–Crippen LogP) is -0.162. The molecule has 0 bridgehead atoms. The molecule has 3 N–H and O–H groups in total. The highest BCUT2D eigenvalue weighted by Gasteiger charge is 2.26. The molecule has 21 heavy (non-hydrogen) atoms. The van der Waals surface area contributed by atoms with Crippen LogP contribution in [-0.2, 0) is 4.74 Å². The Morgan fingerprint density at radius 3 is 2.43 bits per heavy atom. The number of piperazine rings is 1. The molecule has 0 aliphatic carbocycles. The van der Waals surface area contributed by atoms with Gasteiger partial charge in [0.05, 0.1) is 12.7 Å². The van der Waals surface area contributed by atoms with Crippen LogP contribution in [-0.4, -0.2) is 92.1 Å². The zero-order valence-electron chi connectivity index (χ0n) is 13.5. The maximum atomic E-state index is 9.94. The van der Waals surface area contributed by atoms with Crippen LogP contribution in [0.1, 0.15) is 19.8 Å². The molecular weight excluding hydrogens is 288 g/mol. The van der Waals surface area contributed by atoms with Gasteiger partial charge in [-0.2, -0.15) is 0 Å². The Morgan fingerprint density at radius 1 is 1.14 bits per heavy atom. The first kappa shape index (κ1) is 19.0. The summed E-state index contributed by atoms with van der Waals surface area (Å²) in [4.78, 5) is 24.0. The number of hydrogen-bond donors (Lipinski definition) is 3. The molecule has 7 heteroatoms. The first-order valence-corrected chi connectivity index (χ1v) is 10.4. The summed E-state index contributed by atoms with van der Waals surface area (Å²) in [5.74, 6) is 0. The zero-order valence-corrected chi connectivity index (χ0v) is 14.5. The Balaban J connectivity index is 2.02. The molecule has 0 saturated carbocycles. The number of likely N-dealkylation sites (N-methyl/N-ethyl adjacent to an activating group) is 1. The Hall–Kier alpha value is -0.0231. The van der Waals surface area contributed by atoms with Gasteiger partial charge in [0.1, 0.15) is 0 Å². The molecule has 1 atom stereocenters. The van der Waals surface area contributed by atoms with Gasteiger partial charge in [-0.05, 0) is 25.6 Å². The largest absolute Gasteiger partial charge is 0.411 e. The minimum absolute atomic E-state index is 0.325. The highest BCUT2D eigenvalue weighted by Crippen LogP contribution is 2.13. The second kappa shape index (κ2) is 9.89. The number of hydrogen-bond acceptors (Lipinski definition) is 6. The van der Waals surface area contributed by atoms with E-state index in [0.29, 0.717) is 38.3 Å². The van der Waals surface area contributed by atoms with Gasteiger partial charge < -0.3 is 24.3 Å². The van der Waals surface area contributed by atoms with Crippen LogP contribution >= 0.6 is 0 Å². The third-order valence-electron chi connectivity index (χ3n) is 3.89. The normalized spacial score (nSPS) is 19.9. The molecule has 1 aliphatic heterocycles. The van der Waals surface area contributed by atoms with Crippen LogP contribution in [0.15, 0.2) is 0 Å². The van der Waals surface area contributed by atoms with Gasteiger partial charge in [0, 0.05) is 39.3 Å². The van der Waals surface area contributed by atoms with Crippen molar-refractivity contribution in [1.29, 1.82) is 0 Å². The molecule has 1 saturated heterocycles. The fraction of sp³-hybridized carbons (Fsp3) is 1.00. The molecule has 1 aliphatic rings. The molecular formula is C14H32N2O4Si. The quantitative estimate of drug-likeness (QED) is 0.383. The average molecular weight is 321 g/mol. The molecule has 0 radical (unpaired) electrons. The van der Waals surface area contributed by atoms with Gasteiger partial charge in [0.2, 0.25) is 0 Å². The lowest BCUT2D eigenvalue weighted by atomic mass is 10.3. The van der Waals surface area contributed by atoms with Crippen molar-refractivity contribution < 1.29 is 19.4 Å². The first-order chi connectivity index (χ1) is 9.93. The van der Waals surface area contributed by atoms with Crippen molar-refractivity contribution in [2.45, 2.75) is 38.0 Å². The topological polar surface area (TPSA) is 76.4 Å². The van der Waals surface area contributed by atoms with Gasteiger partial charge in [-0.25, -0.2) is 0 Å². The summed E-state index contributed by atoms with van der Waals surface area (Å²) in [6, 6.07) is 0.981. The van der Waals surface area contributed by atoms with Crippen LogP contribution in [0.25, 0.3) is 0 Å². The van der Waals surface area contributed by atoms with Crippen molar-refractivity contribution in [1.82, 2.24) is 9.80 Å². The van der Waals surface area contributed by atoms with Gasteiger partial charge in [0.15, 0.2) is 0 Å². The Morgan fingerprint density at radius 2 is 1.81 bits per heavy atom. The first-order valence-electron chi connectivity index (χ1n) is 8.04. The minimum atomic E-state index is -2.98. The molecule has 0 aromatic rings. The lowest BCUT2D eigenvalue weighted by Gasteiger charge is -2.33. The smallest absolute Gasteiger partial charge is 0.332 e. The lowest BCUT2D eigenvalue weighted by Crippen LogP contribution is -2.47. The second-order valence-corrected chi connectivity index (χ2v) is 9.13. The molecule has 1 unspecified atom stereocenters. The Labute approximate surface area is 129 Å². The van der Waals surface area contributed by atoms with E-state index in [-0.39, 0.29) is 0 Å². The molecule has 1 fully saturated rings. The van der Waals surface area contributed by atoms with Crippen molar-refractivity contribution >= 4 is 8.56 Å². The number of ether oxygens (including phenoxy) is 1. The summed E-state index contributed by atoms with van der Waals surface area (Å²) in [6.07, 6.45) is 0.999. The maximum absolute atomic E-state index is 9.94. The van der Waals surface area contributed by atoms with Crippen molar-refractivity contribution in [2.24, 2.45) is 0 Å². The number of aliphatic hydroxyl groups excluding tert-OH is 1. The molecule has 1 rings (SSSR count). The summed E-state index contributed by atoms with van der Waals surface area (Å²) >= 11 is 0. The molecule has 0 aromatic carbocycles. The summed E-state index contributed by atoms with van der Waals surface area (Å²) in [5.41, 5.74) is 0. The monoisotopic (exact) mass is 320 g/mol. The van der Waals surface area contributed by atoms with E-state index in [9.17, 15) is 14.7 Å². The van der Waals surface area contributed by atoms with Crippen LogP contribution < -0.4 is 0 Å². The highest BCUT2D eigenvalue weighted by atomic mass is 28.4. The fourth-order valence-corrected chi connectivity index (χ4v) is 4.34. The van der Waals surface area contributed by atoms with Crippen molar-refractivity contribution in [2.75, 3.05) is 53.0 Å². The van der Waals surface area contributed by atoms with Crippen molar-refractivity contribution in [3.05, 3.63) is 0 Å². The molecule has 0 spiro atoms. The number of aliphatic hydroxyl groups is 1. The predicted molar refractivity (Wildman–Crippen MR) is 85.5 cm³/mol. The van der Waals surface area contributed by atoms with Crippen molar-refractivity contribution in [3.63, 3.8) is 0 Å². The number of rotatable bonds is 10. The van der Waals surface area contributed by atoms with E-state index >= 15 is 0 Å². The van der Waals surface area contributed by atoms with E-state index in [2.05, 4.69) is 16.8 Å². The lowest BCUT2D eigenvalue weighted by molar-refractivity contribution is 0.00881. The molecule has 0 aromatic heterocycles. The summed E-state index contributed by atoms with van der Waals surface area (Å²) < 4.78 is 5.44. The molecule has 126 valence electrons. The third-order valence-corrected chi connectivity index (χ3v) is 6.35. The van der Waals surface area contributed by atoms with Gasteiger partial charge in [-0.1, -0.05) is 13.3 Å².